The highest BCUT2D eigenvalue weighted by Gasteiger charge is 2.12. The summed E-state index contributed by atoms with van der Waals surface area (Å²) in [4.78, 5) is 1.65. The topological polar surface area (TPSA) is 62.9 Å². The van der Waals surface area contributed by atoms with Crippen molar-refractivity contribution in [2.24, 2.45) is 0 Å². The summed E-state index contributed by atoms with van der Waals surface area (Å²) >= 11 is 6.21. The average molecular weight is 263 g/mol. The lowest BCUT2D eigenvalue weighted by atomic mass is 10.1. The average Bonchev–Trinajstić information content (AvgIpc) is 2.37. The van der Waals surface area contributed by atoms with Crippen LogP contribution in [0.5, 0.6) is 0 Å². The third kappa shape index (κ3) is 3.37. The van der Waals surface area contributed by atoms with Gasteiger partial charge < -0.3 is 10.2 Å². The summed E-state index contributed by atoms with van der Waals surface area (Å²) in [5.74, 6) is 0. The van der Waals surface area contributed by atoms with Crippen LogP contribution in [0, 0.1) is 22.7 Å². The van der Waals surface area contributed by atoms with E-state index in [2.05, 4.69) is 5.32 Å². The van der Waals surface area contributed by atoms with E-state index in [-0.39, 0.29) is 19.1 Å². The van der Waals surface area contributed by atoms with Crippen molar-refractivity contribution in [3.05, 3.63) is 28.8 Å². The van der Waals surface area contributed by atoms with Gasteiger partial charge >= 0.3 is 0 Å². The molecule has 0 spiro atoms. The second kappa shape index (κ2) is 6.86. The van der Waals surface area contributed by atoms with Crippen molar-refractivity contribution in [1.82, 2.24) is 5.32 Å². The smallest absolute Gasteiger partial charge is 0.107 e. The lowest BCUT2D eigenvalue weighted by Gasteiger charge is -2.21. The summed E-state index contributed by atoms with van der Waals surface area (Å²) in [6.07, 6.45) is 0. The van der Waals surface area contributed by atoms with Gasteiger partial charge in [0.2, 0.25) is 0 Å². The van der Waals surface area contributed by atoms with E-state index in [1.54, 1.807) is 4.90 Å². The van der Waals surface area contributed by atoms with E-state index in [9.17, 15) is 0 Å². The molecule has 5 heteroatoms. The molecule has 0 amide bonds. The van der Waals surface area contributed by atoms with Crippen molar-refractivity contribution in [2.75, 3.05) is 25.0 Å². The van der Waals surface area contributed by atoms with Gasteiger partial charge in [-0.15, -0.1) is 0 Å². The zero-order chi connectivity index (χ0) is 13.5. The van der Waals surface area contributed by atoms with Crippen molar-refractivity contribution in [3.8, 4) is 12.1 Å². The number of rotatable bonds is 5. The summed E-state index contributed by atoms with van der Waals surface area (Å²) < 4.78 is 0. The number of nitrogens with zero attached hydrogens (tertiary/aromatic N) is 3. The SMILES string of the molecule is CNC(C)c1ccc(N(CC#N)CC#N)c(Cl)c1. The standard InChI is InChI=1S/C13H15ClN4/c1-10(17-2)11-3-4-13(12(14)9-11)18(7-5-15)8-6-16/h3-4,9-10,17H,7-8H2,1-2H3. The van der Waals surface area contributed by atoms with Gasteiger partial charge in [-0.1, -0.05) is 17.7 Å². The molecule has 1 atom stereocenters. The second-order valence-electron chi connectivity index (χ2n) is 3.89. The Labute approximate surface area is 112 Å². The third-order valence-corrected chi connectivity index (χ3v) is 3.07. The summed E-state index contributed by atoms with van der Waals surface area (Å²) in [6, 6.07) is 9.92. The van der Waals surface area contributed by atoms with Crippen LogP contribution < -0.4 is 10.2 Å². The molecule has 0 aromatic heterocycles. The predicted molar refractivity (Wildman–Crippen MR) is 72.4 cm³/mol. The van der Waals surface area contributed by atoms with Gasteiger partial charge in [-0.25, -0.2) is 0 Å². The maximum Gasteiger partial charge on any atom is 0.107 e. The minimum atomic E-state index is 0.147. The predicted octanol–water partition coefficient (Wildman–Crippen LogP) is 2.47. The highest BCUT2D eigenvalue weighted by atomic mass is 35.5. The molecule has 4 nitrogen and oxygen atoms in total. The van der Waals surface area contributed by atoms with Crippen LogP contribution in [0.25, 0.3) is 0 Å². The number of halogens is 1. The number of anilines is 1. The van der Waals surface area contributed by atoms with Crippen molar-refractivity contribution in [2.45, 2.75) is 13.0 Å². The normalized spacial score (nSPS) is 11.4. The first-order valence-corrected chi connectivity index (χ1v) is 5.97. The van der Waals surface area contributed by atoms with Crippen LogP contribution in [0.15, 0.2) is 18.2 Å². The van der Waals surface area contributed by atoms with Crippen molar-refractivity contribution in [1.29, 1.82) is 10.5 Å². The Bertz CT molecular complexity index is 471. The largest absolute Gasteiger partial charge is 0.344 e. The van der Waals surface area contributed by atoms with Gasteiger partial charge in [0, 0.05) is 6.04 Å². The first kappa shape index (κ1) is 14.3. The Balaban J connectivity index is 3.04. The van der Waals surface area contributed by atoms with E-state index in [4.69, 9.17) is 22.1 Å². The third-order valence-electron chi connectivity index (χ3n) is 2.77. The molecule has 1 aromatic rings. The number of nitriles is 2. The summed E-state index contributed by atoms with van der Waals surface area (Å²) in [7, 11) is 1.88. The van der Waals surface area contributed by atoms with Gasteiger partial charge in [-0.05, 0) is 31.7 Å². The van der Waals surface area contributed by atoms with Crippen LogP contribution in [0.1, 0.15) is 18.5 Å². The highest BCUT2D eigenvalue weighted by molar-refractivity contribution is 6.33. The molecule has 0 heterocycles. The van der Waals surface area contributed by atoms with Gasteiger partial charge in [-0.2, -0.15) is 10.5 Å². The van der Waals surface area contributed by atoms with Gasteiger partial charge in [-0.3, -0.25) is 0 Å². The van der Waals surface area contributed by atoms with Crippen molar-refractivity contribution >= 4 is 17.3 Å². The Morgan fingerprint density at radius 2 is 1.94 bits per heavy atom. The fourth-order valence-electron chi connectivity index (χ4n) is 1.61. The number of benzene rings is 1. The molecule has 0 saturated carbocycles. The Morgan fingerprint density at radius 3 is 2.39 bits per heavy atom. The molecule has 0 aliphatic heterocycles. The maximum atomic E-state index is 8.74. The zero-order valence-electron chi connectivity index (χ0n) is 10.4. The maximum absolute atomic E-state index is 8.74. The number of nitrogens with one attached hydrogen (secondary N) is 1. The molecular weight excluding hydrogens is 248 g/mol. The van der Waals surface area contributed by atoms with Gasteiger partial charge in [0.25, 0.3) is 0 Å². The Kier molecular flexibility index (Phi) is 5.45. The van der Waals surface area contributed by atoms with E-state index < -0.39 is 0 Å². The number of hydrogen-bond acceptors (Lipinski definition) is 4. The lowest BCUT2D eigenvalue weighted by molar-refractivity contribution is 0.652. The molecule has 1 rings (SSSR count). The fourth-order valence-corrected chi connectivity index (χ4v) is 1.92. The Hall–Kier alpha value is -1.75. The molecule has 0 aliphatic carbocycles. The monoisotopic (exact) mass is 262 g/mol. The summed E-state index contributed by atoms with van der Waals surface area (Å²) in [5, 5.41) is 21.2. The zero-order valence-corrected chi connectivity index (χ0v) is 11.2. The minimum absolute atomic E-state index is 0.147. The van der Waals surface area contributed by atoms with Crippen LogP contribution in [0.2, 0.25) is 5.02 Å². The van der Waals surface area contributed by atoms with E-state index >= 15 is 0 Å². The molecule has 0 saturated heterocycles. The quantitative estimate of drug-likeness (QED) is 0.828. The van der Waals surface area contributed by atoms with Crippen LogP contribution in [-0.2, 0) is 0 Å². The van der Waals surface area contributed by atoms with E-state index in [0.29, 0.717) is 10.7 Å². The van der Waals surface area contributed by atoms with Crippen molar-refractivity contribution < 1.29 is 0 Å². The molecule has 1 aromatic carbocycles. The van der Waals surface area contributed by atoms with E-state index in [0.717, 1.165) is 5.56 Å². The van der Waals surface area contributed by atoms with Gasteiger partial charge in [0.1, 0.15) is 13.1 Å². The van der Waals surface area contributed by atoms with Crippen molar-refractivity contribution in [3.63, 3.8) is 0 Å². The molecule has 1 unspecified atom stereocenters. The Morgan fingerprint density at radius 1 is 1.33 bits per heavy atom. The van der Waals surface area contributed by atoms with Crippen LogP contribution >= 0.6 is 11.6 Å². The molecule has 1 N–H and O–H groups in total. The molecule has 0 fully saturated rings. The fraction of sp³-hybridized carbons (Fsp3) is 0.385. The first-order chi connectivity index (χ1) is 8.63. The van der Waals surface area contributed by atoms with Gasteiger partial charge in [0.15, 0.2) is 0 Å². The van der Waals surface area contributed by atoms with Crippen LogP contribution in [-0.4, -0.2) is 20.1 Å². The molecular formula is C13H15ClN4. The molecule has 94 valence electrons. The van der Waals surface area contributed by atoms with Gasteiger partial charge in [0.05, 0.1) is 22.8 Å². The molecule has 0 radical (unpaired) electrons. The van der Waals surface area contributed by atoms with E-state index in [1.165, 1.54) is 0 Å². The molecule has 0 bridgehead atoms. The minimum Gasteiger partial charge on any atom is -0.344 e. The molecule has 0 aliphatic rings. The highest BCUT2D eigenvalue weighted by Crippen LogP contribution is 2.28. The van der Waals surface area contributed by atoms with Crippen LogP contribution in [0.4, 0.5) is 5.69 Å². The second-order valence-corrected chi connectivity index (χ2v) is 4.30. The first-order valence-electron chi connectivity index (χ1n) is 5.59. The summed E-state index contributed by atoms with van der Waals surface area (Å²) in [5.41, 5.74) is 1.78. The van der Waals surface area contributed by atoms with E-state index in [1.807, 2.05) is 44.3 Å². The van der Waals surface area contributed by atoms with Crippen LogP contribution in [0.3, 0.4) is 0 Å². The lowest BCUT2D eigenvalue weighted by Crippen LogP contribution is -2.24. The molecule has 18 heavy (non-hydrogen) atoms. The summed E-state index contributed by atoms with van der Waals surface area (Å²) in [6.45, 7) is 2.33. The number of hydrogen-bond donors (Lipinski definition) is 1.